The number of aromatic nitrogens is 1. The van der Waals surface area contributed by atoms with Crippen LogP contribution in [-0.2, 0) is 0 Å². The minimum absolute atomic E-state index is 0.0941. The van der Waals surface area contributed by atoms with E-state index in [9.17, 15) is 14.9 Å². The van der Waals surface area contributed by atoms with Gasteiger partial charge in [-0.05, 0) is 51.5 Å². The number of hydrogen-bond donors (Lipinski definition) is 1. The van der Waals surface area contributed by atoms with Crippen molar-refractivity contribution in [2.75, 3.05) is 0 Å². The van der Waals surface area contributed by atoms with Crippen LogP contribution in [0.4, 0.5) is 5.69 Å². The monoisotopic (exact) mass is 390 g/mol. The number of nitrogens with one attached hydrogen (secondary N) is 1. The SMILES string of the molecule is Cc1ccccc1-n1c(C)cc(/C=N\NC(=O)c2cccc([N+](=O)[O-])c2C)c1C. The average molecular weight is 390 g/mol. The molecule has 0 unspecified atom stereocenters. The number of nitro benzene ring substituents is 1. The Balaban J connectivity index is 1.83. The van der Waals surface area contributed by atoms with E-state index < -0.39 is 10.8 Å². The molecular weight excluding hydrogens is 368 g/mol. The zero-order chi connectivity index (χ0) is 21.1. The number of carbonyl (C=O) groups is 1. The Morgan fingerprint density at radius 2 is 1.83 bits per heavy atom. The van der Waals surface area contributed by atoms with Crippen LogP contribution in [0, 0.1) is 37.8 Å². The maximum atomic E-state index is 12.4. The van der Waals surface area contributed by atoms with E-state index in [0.29, 0.717) is 5.56 Å². The number of benzene rings is 2. The molecule has 0 atom stereocenters. The Morgan fingerprint density at radius 3 is 2.52 bits per heavy atom. The summed E-state index contributed by atoms with van der Waals surface area (Å²) in [7, 11) is 0. The first kappa shape index (κ1) is 20.0. The topological polar surface area (TPSA) is 89.5 Å². The standard InChI is InChI=1S/C22H22N4O3/c1-14-8-5-6-10-20(14)25-15(2)12-18(17(25)4)13-23-24-22(27)19-9-7-11-21(16(19)3)26(28)29/h5-13H,1-4H3,(H,24,27)/b23-13-. The van der Waals surface area contributed by atoms with E-state index in [4.69, 9.17) is 0 Å². The number of nitro groups is 1. The summed E-state index contributed by atoms with van der Waals surface area (Å²) in [4.78, 5) is 22.9. The molecule has 0 saturated carbocycles. The Morgan fingerprint density at radius 1 is 1.10 bits per heavy atom. The molecule has 0 radical (unpaired) electrons. The van der Waals surface area contributed by atoms with Crippen molar-refractivity contribution in [3.63, 3.8) is 0 Å². The first-order valence-corrected chi connectivity index (χ1v) is 9.13. The van der Waals surface area contributed by atoms with E-state index in [1.165, 1.54) is 18.2 Å². The summed E-state index contributed by atoms with van der Waals surface area (Å²) in [6.45, 7) is 7.62. The normalized spacial score (nSPS) is 11.0. The highest BCUT2D eigenvalue weighted by Gasteiger charge is 2.17. The summed E-state index contributed by atoms with van der Waals surface area (Å²) in [5.41, 5.74) is 8.09. The van der Waals surface area contributed by atoms with Gasteiger partial charge in [-0.15, -0.1) is 0 Å². The van der Waals surface area contributed by atoms with Crippen molar-refractivity contribution < 1.29 is 9.72 Å². The van der Waals surface area contributed by atoms with Crippen LogP contribution in [0.2, 0.25) is 0 Å². The van der Waals surface area contributed by atoms with Crippen molar-refractivity contribution in [3.05, 3.63) is 92.3 Å². The fourth-order valence-electron chi connectivity index (χ4n) is 3.39. The number of nitrogens with zero attached hydrogens (tertiary/aromatic N) is 3. The zero-order valence-electron chi connectivity index (χ0n) is 16.8. The molecule has 1 aromatic heterocycles. The Labute approximate surface area is 168 Å². The molecule has 29 heavy (non-hydrogen) atoms. The van der Waals surface area contributed by atoms with Crippen LogP contribution in [0.3, 0.4) is 0 Å². The largest absolute Gasteiger partial charge is 0.318 e. The van der Waals surface area contributed by atoms with Crippen LogP contribution < -0.4 is 5.43 Å². The number of amides is 1. The Bertz CT molecular complexity index is 1130. The van der Waals surface area contributed by atoms with Gasteiger partial charge in [-0.1, -0.05) is 24.3 Å². The molecule has 7 heteroatoms. The van der Waals surface area contributed by atoms with Gasteiger partial charge < -0.3 is 4.57 Å². The lowest BCUT2D eigenvalue weighted by atomic mass is 10.1. The second-order valence-electron chi connectivity index (χ2n) is 6.85. The van der Waals surface area contributed by atoms with Crippen LogP contribution in [-0.4, -0.2) is 21.6 Å². The van der Waals surface area contributed by atoms with Crippen molar-refractivity contribution >= 4 is 17.8 Å². The molecule has 0 aliphatic carbocycles. The minimum Gasteiger partial charge on any atom is -0.318 e. The third kappa shape index (κ3) is 3.94. The summed E-state index contributed by atoms with van der Waals surface area (Å²) in [5.74, 6) is -0.491. The molecule has 0 spiro atoms. The van der Waals surface area contributed by atoms with Gasteiger partial charge in [-0.25, -0.2) is 5.43 Å². The van der Waals surface area contributed by atoms with Crippen LogP contribution in [0.15, 0.2) is 53.6 Å². The van der Waals surface area contributed by atoms with Gasteiger partial charge in [-0.2, -0.15) is 5.10 Å². The average Bonchev–Trinajstić information content (AvgIpc) is 2.95. The number of hydrogen-bond acceptors (Lipinski definition) is 4. The number of rotatable bonds is 5. The second-order valence-corrected chi connectivity index (χ2v) is 6.85. The maximum Gasteiger partial charge on any atom is 0.273 e. The van der Waals surface area contributed by atoms with Gasteiger partial charge in [0.1, 0.15) is 0 Å². The lowest BCUT2D eigenvalue weighted by molar-refractivity contribution is -0.385. The van der Waals surface area contributed by atoms with Crippen LogP contribution in [0.5, 0.6) is 0 Å². The van der Waals surface area contributed by atoms with Crippen LogP contribution >= 0.6 is 0 Å². The molecule has 148 valence electrons. The molecule has 3 aromatic rings. The predicted molar refractivity (Wildman–Crippen MR) is 113 cm³/mol. The third-order valence-corrected chi connectivity index (χ3v) is 4.94. The van der Waals surface area contributed by atoms with E-state index in [1.54, 1.807) is 13.1 Å². The summed E-state index contributed by atoms with van der Waals surface area (Å²) < 4.78 is 2.14. The molecule has 1 N–H and O–H groups in total. The first-order chi connectivity index (χ1) is 13.8. The second kappa shape index (κ2) is 8.10. The zero-order valence-corrected chi connectivity index (χ0v) is 16.8. The molecule has 2 aromatic carbocycles. The molecule has 1 heterocycles. The van der Waals surface area contributed by atoms with E-state index in [0.717, 1.165) is 28.2 Å². The first-order valence-electron chi connectivity index (χ1n) is 9.13. The Kier molecular flexibility index (Phi) is 5.59. The van der Waals surface area contributed by atoms with Gasteiger partial charge in [-0.3, -0.25) is 14.9 Å². The molecule has 0 aliphatic heterocycles. The molecule has 0 bridgehead atoms. The molecule has 1 amide bonds. The van der Waals surface area contributed by atoms with E-state index in [-0.39, 0.29) is 11.3 Å². The molecule has 0 aliphatic rings. The molecule has 0 saturated heterocycles. The molecule has 3 rings (SSSR count). The maximum absolute atomic E-state index is 12.4. The lowest BCUT2D eigenvalue weighted by Gasteiger charge is -2.12. The highest BCUT2D eigenvalue weighted by atomic mass is 16.6. The van der Waals surface area contributed by atoms with Gasteiger partial charge in [0.25, 0.3) is 11.6 Å². The number of para-hydroxylation sites is 1. The highest BCUT2D eigenvalue weighted by Crippen LogP contribution is 2.23. The van der Waals surface area contributed by atoms with Crippen molar-refractivity contribution in [1.82, 2.24) is 9.99 Å². The van der Waals surface area contributed by atoms with Crippen molar-refractivity contribution in [3.8, 4) is 5.69 Å². The van der Waals surface area contributed by atoms with Crippen LogP contribution in [0.25, 0.3) is 5.69 Å². The van der Waals surface area contributed by atoms with Crippen molar-refractivity contribution in [1.29, 1.82) is 0 Å². The summed E-state index contributed by atoms with van der Waals surface area (Å²) >= 11 is 0. The van der Waals surface area contributed by atoms with Crippen molar-refractivity contribution in [2.45, 2.75) is 27.7 Å². The number of hydrazone groups is 1. The summed E-state index contributed by atoms with van der Waals surface area (Å²) in [6.07, 6.45) is 1.59. The number of aryl methyl sites for hydroxylation is 2. The highest BCUT2D eigenvalue weighted by molar-refractivity contribution is 5.97. The van der Waals surface area contributed by atoms with E-state index in [2.05, 4.69) is 34.2 Å². The van der Waals surface area contributed by atoms with Crippen LogP contribution in [0.1, 0.15) is 38.4 Å². The summed E-state index contributed by atoms with van der Waals surface area (Å²) in [6, 6.07) is 14.5. The minimum atomic E-state index is -0.504. The number of carbonyl (C=O) groups excluding carboxylic acids is 1. The van der Waals surface area contributed by atoms with Gasteiger partial charge in [0.05, 0.1) is 16.7 Å². The fraction of sp³-hybridized carbons (Fsp3) is 0.182. The third-order valence-electron chi connectivity index (χ3n) is 4.94. The molecular formula is C22H22N4O3. The van der Waals surface area contributed by atoms with Crippen molar-refractivity contribution in [2.24, 2.45) is 5.10 Å². The predicted octanol–water partition coefficient (Wildman–Crippen LogP) is 4.38. The lowest BCUT2D eigenvalue weighted by Crippen LogP contribution is -2.19. The van der Waals surface area contributed by atoms with Gasteiger partial charge >= 0.3 is 0 Å². The smallest absolute Gasteiger partial charge is 0.273 e. The molecule has 7 nitrogen and oxygen atoms in total. The quantitative estimate of drug-likeness (QED) is 0.398. The van der Waals surface area contributed by atoms with Gasteiger partial charge in [0.2, 0.25) is 0 Å². The van der Waals surface area contributed by atoms with E-state index in [1.807, 2.05) is 32.0 Å². The molecule has 0 fully saturated rings. The Hall–Kier alpha value is -3.74. The summed E-state index contributed by atoms with van der Waals surface area (Å²) in [5, 5.41) is 15.1. The fourth-order valence-corrected chi connectivity index (χ4v) is 3.39. The van der Waals surface area contributed by atoms with E-state index >= 15 is 0 Å². The van der Waals surface area contributed by atoms with Gasteiger partial charge in [0.15, 0.2) is 0 Å². The van der Waals surface area contributed by atoms with Gasteiger partial charge in [0, 0.05) is 34.3 Å².